The number of ether oxygens (including phenoxy) is 1. The zero-order chi connectivity index (χ0) is 13.6. The Morgan fingerprint density at radius 2 is 2.21 bits per heavy atom. The van der Waals surface area contributed by atoms with Gasteiger partial charge in [-0.1, -0.05) is 30.9 Å². The highest BCUT2D eigenvalue weighted by Crippen LogP contribution is 2.50. The average Bonchev–Trinajstić information content (AvgIpc) is 2.37. The van der Waals surface area contributed by atoms with Gasteiger partial charge in [0, 0.05) is 17.4 Å². The number of phenolic OH excluding ortho intramolecular Hbond substituents is 1. The number of rotatable bonds is 1. The molecule has 1 aliphatic carbocycles. The zero-order valence-corrected chi connectivity index (χ0v) is 11.1. The third-order valence-electron chi connectivity index (χ3n) is 4.11. The Morgan fingerprint density at radius 1 is 1.42 bits per heavy atom. The van der Waals surface area contributed by atoms with E-state index in [1.807, 2.05) is 6.07 Å². The van der Waals surface area contributed by atoms with Crippen LogP contribution >= 0.6 is 0 Å². The monoisotopic (exact) mass is 254 g/mol. The molecule has 0 saturated heterocycles. The van der Waals surface area contributed by atoms with E-state index < -0.39 is 0 Å². The lowest BCUT2D eigenvalue weighted by molar-refractivity contribution is 0.275. The molecule has 0 saturated carbocycles. The normalized spacial score (nSPS) is 24.9. The van der Waals surface area contributed by atoms with Gasteiger partial charge in [0.2, 0.25) is 0 Å². The minimum Gasteiger partial charge on any atom is -0.507 e. The Kier molecular flexibility index (Phi) is 2.74. The molecule has 0 bridgehead atoms. The number of fused-ring (bicyclic) bond motifs is 3. The van der Waals surface area contributed by atoms with Crippen LogP contribution in [0.4, 0.5) is 0 Å². The summed E-state index contributed by atoms with van der Waals surface area (Å²) in [5.74, 6) is 2.27. The predicted octanol–water partition coefficient (Wildman–Crippen LogP) is 4.38. The number of phenols is 1. The van der Waals surface area contributed by atoms with E-state index >= 15 is 0 Å². The predicted molar refractivity (Wildman–Crippen MR) is 77.2 cm³/mol. The molecule has 3 rings (SSSR count). The molecule has 2 atom stereocenters. The van der Waals surface area contributed by atoms with E-state index in [9.17, 15) is 5.11 Å². The molecular weight excluding hydrogens is 236 g/mol. The van der Waals surface area contributed by atoms with Crippen molar-refractivity contribution in [1.29, 1.82) is 0 Å². The van der Waals surface area contributed by atoms with E-state index in [2.05, 4.69) is 26.2 Å². The fraction of sp³-hybridized carbons (Fsp3) is 0.294. The van der Waals surface area contributed by atoms with E-state index in [4.69, 9.17) is 4.74 Å². The molecule has 1 N–H and O–H groups in total. The lowest BCUT2D eigenvalue weighted by atomic mass is 9.74. The standard InChI is InChI=1S/C17H18O2/c1-4-12-8-15(18)17-14-7-10(2)5-6-13(14)11(3)19-16(17)9-12/h4,7-9,13-14,18H,1,3,5-6H2,2H3/t13-,14+/m0/s1. The SMILES string of the molecule is C=Cc1cc(O)c2c(c1)OC(=C)[C@@H]1CCC(C)=C[C@@H]21. The van der Waals surface area contributed by atoms with Crippen LogP contribution in [0.3, 0.4) is 0 Å². The van der Waals surface area contributed by atoms with Crippen LogP contribution in [-0.2, 0) is 0 Å². The van der Waals surface area contributed by atoms with Crippen molar-refractivity contribution in [3.05, 3.63) is 53.8 Å². The van der Waals surface area contributed by atoms with Crippen molar-refractivity contribution in [2.45, 2.75) is 25.7 Å². The van der Waals surface area contributed by atoms with Crippen molar-refractivity contribution < 1.29 is 9.84 Å². The highest BCUT2D eigenvalue weighted by atomic mass is 16.5. The summed E-state index contributed by atoms with van der Waals surface area (Å²) in [5.41, 5.74) is 3.12. The maximum absolute atomic E-state index is 10.3. The third kappa shape index (κ3) is 1.88. The Hall–Kier alpha value is -1.96. The fourth-order valence-corrected chi connectivity index (χ4v) is 3.10. The van der Waals surface area contributed by atoms with E-state index in [0.717, 1.165) is 29.7 Å². The number of aromatic hydroxyl groups is 1. The largest absolute Gasteiger partial charge is 0.507 e. The van der Waals surface area contributed by atoms with E-state index in [1.54, 1.807) is 12.1 Å². The second kappa shape index (κ2) is 4.30. The topological polar surface area (TPSA) is 29.5 Å². The number of hydrogen-bond donors (Lipinski definition) is 1. The molecule has 0 spiro atoms. The fourth-order valence-electron chi connectivity index (χ4n) is 3.10. The lowest BCUT2D eigenvalue weighted by Gasteiger charge is -2.36. The van der Waals surface area contributed by atoms with Gasteiger partial charge in [-0.25, -0.2) is 0 Å². The summed E-state index contributed by atoms with van der Waals surface area (Å²) in [4.78, 5) is 0. The molecule has 2 aliphatic rings. The second-order valence-electron chi connectivity index (χ2n) is 5.41. The highest BCUT2D eigenvalue weighted by Gasteiger charge is 2.36. The molecule has 1 heterocycles. The molecule has 0 aromatic heterocycles. The first-order valence-corrected chi connectivity index (χ1v) is 6.63. The van der Waals surface area contributed by atoms with Gasteiger partial charge in [-0.15, -0.1) is 0 Å². The van der Waals surface area contributed by atoms with E-state index in [-0.39, 0.29) is 11.8 Å². The van der Waals surface area contributed by atoms with Crippen molar-refractivity contribution in [3.63, 3.8) is 0 Å². The van der Waals surface area contributed by atoms with Gasteiger partial charge in [-0.2, -0.15) is 0 Å². The second-order valence-corrected chi connectivity index (χ2v) is 5.41. The first-order chi connectivity index (χ1) is 9.10. The molecule has 1 aromatic carbocycles. The Labute approximate surface area is 113 Å². The van der Waals surface area contributed by atoms with Gasteiger partial charge in [0.05, 0.1) is 0 Å². The third-order valence-corrected chi connectivity index (χ3v) is 4.11. The Bertz CT molecular complexity index is 596. The average molecular weight is 254 g/mol. The van der Waals surface area contributed by atoms with Crippen LogP contribution in [0.5, 0.6) is 11.5 Å². The van der Waals surface area contributed by atoms with Gasteiger partial charge < -0.3 is 9.84 Å². The zero-order valence-electron chi connectivity index (χ0n) is 11.1. The molecule has 2 nitrogen and oxygen atoms in total. The maximum Gasteiger partial charge on any atom is 0.135 e. The summed E-state index contributed by atoms with van der Waals surface area (Å²) in [6, 6.07) is 3.67. The molecule has 1 aliphatic heterocycles. The Morgan fingerprint density at radius 3 is 2.95 bits per heavy atom. The summed E-state index contributed by atoms with van der Waals surface area (Å²) in [6.07, 6.45) is 6.06. The van der Waals surface area contributed by atoms with Crippen LogP contribution in [0.2, 0.25) is 0 Å². The molecule has 2 heteroatoms. The van der Waals surface area contributed by atoms with Gasteiger partial charge in [-0.3, -0.25) is 0 Å². The molecule has 98 valence electrons. The maximum atomic E-state index is 10.3. The summed E-state index contributed by atoms with van der Waals surface area (Å²) >= 11 is 0. The van der Waals surface area contributed by atoms with Crippen LogP contribution in [0.1, 0.15) is 36.8 Å². The molecule has 0 unspecified atom stereocenters. The van der Waals surface area contributed by atoms with Crippen molar-refractivity contribution in [2.24, 2.45) is 5.92 Å². The minimum atomic E-state index is 0.184. The highest BCUT2D eigenvalue weighted by molar-refractivity contribution is 5.61. The first-order valence-electron chi connectivity index (χ1n) is 6.63. The van der Waals surface area contributed by atoms with Crippen molar-refractivity contribution in [2.75, 3.05) is 0 Å². The van der Waals surface area contributed by atoms with E-state index in [0.29, 0.717) is 11.5 Å². The quantitative estimate of drug-likeness (QED) is 0.753. The molecule has 0 fully saturated rings. The van der Waals surface area contributed by atoms with Crippen molar-refractivity contribution in [3.8, 4) is 11.5 Å². The van der Waals surface area contributed by atoms with Crippen LogP contribution in [0.25, 0.3) is 6.08 Å². The van der Waals surface area contributed by atoms with E-state index in [1.165, 1.54) is 5.57 Å². The minimum absolute atomic E-state index is 0.184. The van der Waals surface area contributed by atoms with Gasteiger partial charge in [0.15, 0.2) is 0 Å². The number of benzene rings is 1. The van der Waals surface area contributed by atoms with Crippen molar-refractivity contribution in [1.82, 2.24) is 0 Å². The summed E-state index contributed by atoms with van der Waals surface area (Å²) in [5, 5.41) is 10.3. The van der Waals surface area contributed by atoms with Crippen molar-refractivity contribution >= 4 is 6.08 Å². The smallest absolute Gasteiger partial charge is 0.135 e. The molecule has 0 radical (unpaired) electrons. The summed E-state index contributed by atoms with van der Waals surface area (Å²) in [6.45, 7) is 9.92. The lowest BCUT2D eigenvalue weighted by Crippen LogP contribution is -2.25. The summed E-state index contributed by atoms with van der Waals surface area (Å²) in [7, 11) is 0. The van der Waals surface area contributed by atoms with Gasteiger partial charge >= 0.3 is 0 Å². The van der Waals surface area contributed by atoms with Crippen LogP contribution in [0, 0.1) is 5.92 Å². The Balaban J connectivity index is 2.19. The molecule has 0 amide bonds. The number of hydrogen-bond acceptors (Lipinski definition) is 2. The number of allylic oxidation sites excluding steroid dienone is 3. The van der Waals surface area contributed by atoms with Crippen LogP contribution in [-0.4, -0.2) is 5.11 Å². The van der Waals surface area contributed by atoms with Crippen LogP contribution in [0.15, 0.2) is 42.7 Å². The molecule has 19 heavy (non-hydrogen) atoms. The summed E-state index contributed by atoms with van der Waals surface area (Å²) < 4.78 is 5.83. The van der Waals surface area contributed by atoms with Gasteiger partial charge in [0.25, 0.3) is 0 Å². The molecule has 1 aromatic rings. The van der Waals surface area contributed by atoms with Crippen LogP contribution < -0.4 is 4.74 Å². The van der Waals surface area contributed by atoms with Gasteiger partial charge in [0.1, 0.15) is 17.3 Å². The first kappa shape index (κ1) is 12.1. The van der Waals surface area contributed by atoms with Gasteiger partial charge in [-0.05, 0) is 37.5 Å². The molecular formula is C17H18O2.